The number of nitrogens with one attached hydrogen (secondary N) is 1. The minimum absolute atomic E-state index is 0.137. The molecular weight excluding hydrogens is 322 g/mol. The second-order valence-electron chi connectivity index (χ2n) is 6.47. The Morgan fingerprint density at radius 2 is 2.12 bits per heavy atom. The van der Waals surface area contributed by atoms with Crippen molar-refractivity contribution >= 4 is 16.9 Å². The molecule has 0 radical (unpaired) electrons. The number of carboxylic acids is 1. The van der Waals surface area contributed by atoms with Gasteiger partial charge in [0, 0.05) is 41.2 Å². The number of aromatic hydroxyl groups is 1. The van der Waals surface area contributed by atoms with E-state index < -0.39 is 22.8 Å². The maximum absolute atomic E-state index is 12.0. The van der Waals surface area contributed by atoms with Crippen molar-refractivity contribution in [2.45, 2.75) is 25.9 Å². The van der Waals surface area contributed by atoms with Gasteiger partial charge in [-0.1, -0.05) is 6.07 Å². The molecule has 1 aliphatic heterocycles. The van der Waals surface area contributed by atoms with Gasteiger partial charge >= 0.3 is 5.97 Å². The summed E-state index contributed by atoms with van der Waals surface area (Å²) in [6.07, 6.45) is 0.827. The third-order valence-corrected chi connectivity index (χ3v) is 4.81. The first-order chi connectivity index (χ1) is 11.9. The quantitative estimate of drug-likeness (QED) is 0.565. The number of carboxylic acid groups (broad SMARTS) is 1. The second kappa shape index (κ2) is 5.22. The first-order valence-corrected chi connectivity index (χ1v) is 7.94. The van der Waals surface area contributed by atoms with Gasteiger partial charge in [0.05, 0.1) is 5.69 Å². The molecule has 25 heavy (non-hydrogen) atoms. The summed E-state index contributed by atoms with van der Waals surface area (Å²) in [5, 5.41) is 20.2. The number of hydrogen-bond acceptors (Lipinski definition) is 4. The molecule has 0 amide bonds. The van der Waals surface area contributed by atoms with Crippen LogP contribution in [0.25, 0.3) is 22.2 Å². The highest BCUT2D eigenvalue weighted by atomic mass is 16.4. The maximum atomic E-state index is 12.0. The number of rotatable bonds is 2. The van der Waals surface area contributed by atoms with Crippen LogP contribution in [0, 0.1) is 6.92 Å². The summed E-state index contributed by atoms with van der Waals surface area (Å²) in [7, 11) is 0. The van der Waals surface area contributed by atoms with Crippen LogP contribution in [0.3, 0.4) is 0 Å². The molecule has 0 saturated heterocycles. The zero-order valence-corrected chi connectivity index (χ0v) is 13.5. The Kier molecular flexibility index (Phi) is 3.23. The van der Waals surface area contributed by atoms with Crippen molar-refractivity contribution in [3.63, 3.8) is 0 Å². The lowest BCUT2D eigenvalue weighted by Gasteiger charge is -2.10. The average molecular weight is 339 g/mol. The van der Waals surface area contributed by atoms with E-state index in [1.165, 1.54) is 5.69 Å². The molecule has 2 aromatic heterocycles. The average Bonchev–Trinajstić information content (AvgIpc) is 3.05. The maximum Gasteiger partial charge on any atom is 0.345 e. The molecule has 4 rings (SSSR count). The Morgan fingerprint density at radius 3 is 2.84 bits per heavy atom. The fourth-order valence-electron chi connectivity index (χ4n) is 3.61. The number of pyridine rings is 1. The Bertz CT molecular complexity index is 1090. The highest BCUT2D eigenvalue weighted by Gasteiger charge is 2.22. The van der Waals surface area contributed by atoms with Crippen molar-refractivity contribution in [2.75, 3.05) is 0 Å². The van der Waals surface area contributed by atoms with Crippen molar-refractivity contribution in [1.82, 2.24) is 9.55 Å². The van der Waals surface area contributed by atoms with Crippen molar-refractivity contribution in [1.29, 1.82) is 0 Å². The molecule has 7 heteroatoms. The molecule has 0 bridgehead atoms. The van der Waals surface area contributed by atoms with Crippen LogP contribution in [-0.2, 0) is 13.0 Å². The Morgan fingerprint density at radius 1 is 1.36 bits per heavy atom. The monoisotopic (exact) mass is 339 g/mol. The highest BCUT2D eigenvalue weighted by molar-refractivity contribution is 5.92. The molecule has 0 aliphatic carbocycles. The number of nitrogens with zero attached hydrogens (tertiary/aromatic N) is 1. The fourth-order valence-corrected chi connectivity index (χ4v) is 3.61. The van der Waals surface area contributed by atoms with E-state index in [0.29, 0.717) is 16.8 Å². The standard InChI is InChI=1S/C18H17N3O4/c1-8-15(20-17(23)14(16(8)22)18(24)25)9-2-3-13-10(4-9)5-12-6-11(19)7-21(12)13/h2-5,11H,6-7,19H2,1H3,(H,24,25)(H2,20,22,23). The summed E-state index contributed by atoms with van der Waals surface area (Å²) < 4.78 is 2.18. The van der Waals surface area contributed by atoms with E-state index in [1.54, 1.807) is 6.92 Å². The van der Waals surface area contributed by atoms with Crippen LogP contribution in [0.5, 0.6) is 5.75 Å². The zero-order valence-electron chi connectivity index (χ0n) is 13.5. The molecule has 3 aromatic rings. The molecule has 1 aromatic carbocycles. The van der Waals surface area contributed by atoms with E-state index in [9.17, 15) is 14.7 Å². The molecule has 1 aliphatic rings. The van der Waals surface area contributed by atoms with Crippen molar-refractivity contribution in [3.05, 3.63) is 51.4 Å². The van der Waals surface area contributed by atoms with Gasteiger partial charge in [-0.15, -0.1) is 0 Å². The number of H-pyrrole nitrogens is 1. The number of aromatic nitrogens is 2. The van der Waals surface area contributed by atoms with Gasteiger partial charge in [0.15, 0.2) is 5.56 Å². The molecule has 0 spiro atoms. The number of benzene rings is 1. The predicted octanol–water partition coefficient (Wildman–Crippen LogP) is 1.59. The molecule has 0 fully saturated rings. The smallest absolute Gasteiger partial charge is 0.345 e. The second-order valence-corrected chi connectivity index (χ2v) is 6.47. The van der Waals surface area contributed by atoms with Crippen LogP contribution >= 0.6 is 0 Å². The number of fused-ring (bicyclic) bond motifs is 3. The van der Waals surface area contributed by atoms with Gasteiger partial charge < -0.3 is 25.5 Å². The van der Waals surface area contributed by atoms with Crippen LogP contribution in [0.2, 0.25) is 0 Å². The van der Waals surface area contributed by atoms with Crippen LogP contribution in [0.4, 0.5) is 0 Å². The molecule has 7 nitrogen and oxygen atoms in total. The Hall–Kier alpha value is -3.06. The molecule has 5 N–H and O–H groups in total. The summed E-state index contributed by atoms with van der Waals surface area (Å²) in [6, 6.07) is 7.93. The summed E-state index contributed by atoms with van der Waals surface area (Å²) in [4.78, 5) is 25.7. The molecular formula is C18H17N3O4. The first kappa shape index (κ1) is 15.5. The normalized spacial score (nSPS) is 16.3. The number of aromatic amines is 1. The van der Waals surface area contributed by atoms with E-state index in [1.807, 2.05) is 18.2 Å². The van der Waals surface area contributed by atoms with Crippen molar-refractivity contribution in [3.8, 4) is 17.0 Å². The minimum atomic E-state index is -1.45. The van der Waals surface area contributed by atoms with Crippen LogP contribution in [0.1, 0.15) is 21.6 Å². The van der Waals surface area contributed by atoms with E-state index in [0.717, 1.165) is 23.9 Å². The minimum Gasteiger partial charge on any atom is -0.506 e. The summed E-state index contributed by atoms with van der Waals surface area (Å²) in [6.45, 7) is 2.36. The Labute approximate surface area is 142 Å². The van der Waals surface area contributed by atoms with Crippen molar-refractivity contribution < 1.29 is 15.0 Å². The molecule has 3 heterocycles. The topological polar surface area (TPSA) is 121 Å². The van der Waals surface area contributed by atoms with Gasteiger partial charge in [-0.3, -0.25) is 4.79 Å². The fraction of sp³-hybridized carbons (Fsp3) is 0.222. The number of nitrogens with two attached hydrogens (primary N) is 1. The van der Waals surface area contributed by atoms with Crippen LogP contribution < -0.4 is 11.3 Å². The lowest BCUT2D eigenvalue weighted by molar-refractivity contribution is 0.0691. The van der Waals surface area contributed by atoms with E-state index in [-0.39, 0.29) is 6.04 Å². The van der Waals surface area contributed by atoms with Gasteiger partial charge in [-0.05, 0) is 30.7 Å². The van der Waals surface area contributed by atoms with E-state index in [4.69, 9.17) is 10.8 Å². The van der Waals surface area contributed by atoms with Crippen LogP contribution in [0.15, 0.2) is 29.1 Å². The van der Waals surface area contributed by atoms with Gasteiger partial charge in [-0.2, -0.15) is 0 Å². The lowest BCUT2D eigenvalue weighted by atomic mass is 10.0. The first-order valence-electron chi connectivity index (χ1n) is 7.94. The van der Waals surface area contributed by atoms with Crippen molar-refractivity contribution in [2.24, 2.45) is 5.73 Å². The van der Waals surface area contributed by atoms with Gasteiger partial charge in [0.2, 0.25) is 0 Å². The van der Waals surface area contributed by atoms with Crippen LogP contribution in [-0.4, -0.2) is 31.8 Å². The largest absolute Gasteiger partial charge is 0.506 e. The number of hydrogen-bond donors (Lipinski definition) is 4. The third-order valence-electron chi connectivity index (χ3n) is 4.81. The van der Waals surface area contributed by atoms with E-state index >= 15 is 0 Å². The summed E-state index contributed by atoms with van der Waals surface area (Å²) in [5.74, 6) is -1.96. The molecule has 128 valence electrons. The molecule has 1 atom stereocenters. The number of carbonyl (C=O) groups is 1. The summed E-state index contributed by atoms with van der Waals surface area (Å²) in [5.41, 5.74) is 8.23. The third kappa shape index (κ3) is 2.24. The Balaban J connectivity index is 1.89. The van der Waals surface area contributed by atoms with Gasteiger partial charge in [0.1, 0.15) is 5.75 Å². The molecule has 0 saturated carbocycles. The predicted molar refractivity (Wildman–Crippen MR) is 93.0 cm³/mol. The van der Waals surface area contributed by atoms with Gasteiger partial charge in [-0.25, -0.2) is 4.79 Å². The zero-order chi connectivity index (χ0) is 17.9. The summed E-state index contributed by atoms with van der Waals surface area (Å²) >= 11 is 0. The number of aromatic carboxylic acids is 1. The van der Waals surface area contributed by atoms with E-state index in [2.05, 4.69) is 15.6 Å². The SMILES string of the molecule is Cc1c(-c2ccc3c(c2)cc2n3CC(N)C2)[nH]c(=O)c(C(=O)O)c1O. The molecule has 1 unspecified atom stereocenters. The lowest BCUT2D eigenvalue weighted by Crippen LogP contribution is -2.20. The van der Waals surface area contributed by atoms with Gasteiger partial charge in [0.25, 0.3) is 5.56 Å². The highest BCUT2D eigenvalue weighted by Crippen LogP contribution is 2.32.